The molecule has 0 heterocycles. The third kappa shape index (κ3) is 3.38. The lowest BCUT2D eigenvalue weighted by atomic mass is 10.1. The van der Waals surface area contributed by atoms with E-state index in [0.717, 1.165) is 6.07 Å². The van der Waals surface area contributed by atoms with E-state index in [9.17, 15) is 18.0 Å². The van der Waals surface area contributed by atoms with Crippen LogP contribution in [0.3, 0.4) is 0 Å². The third-order valence-electron chi connectivity index (χ3n) is 1.63. The molecule has 88 valence electrons. The van der Waals surface area contributed by atoms with Crippen molar-refractivity contribution in [3.05, 3.63) is 27.2 Å². The largest absolute Gasteiger partial charge is 0.573 e. The van der Waals surface area contributed by atoms with Crippen LogP contribution in [0.1, 0.15) is 17.3 Å². The van der Waals surface area contributed by atoms with E-state index in [-0.39, 0.29) is 15.1 Å². The standard InChI is InChI=1S/C9H5BrClF3O2/c1-4(15)5-2-6(11)8(10)7(3-5)16-9(12,13)14/h2-3H,1H3. The molecule has 0 fully saturated rings. The molecule has 0 aliphatic carbocycles. The second kappa shape index (κ2) is 4.63. The number of ether oxygens (including phenoxy) is 1. The molecule has 1 aromatic rings. The number of ketones is 1. The summed E-state index contributed by atoms with van der Waals surface area (Å²) in [6.45, 7) is 1.22. The maximum Gasteiger partial charge on any atom is 0.573 e. The van der Waals surface area contributed by atoms with Gasteiger partial charge in [0.25, 0.3) is 0 Å². The van der Waals surface area contributed by atoms with Crippen LogP contribution in [0.25, 0.3) is 0 Å². The Bertz CT molecular complexity index is 431. The van der Waals surface area contributed by atoms with Crippen molar-refractivity contribution < 1.29 is 22.7 Å². The molecule has 0 aromatic heterocycles. The van der Waals surface area contributed by atoms with Crippen LogP contribution in [0.2, 0.25) is 5.02 Å². The van der Waals surface area contributed by atoms with E-state index < -0.39 is 17.9 Å². The predicted octanol–water partition coefficient (Wildman–Crippen LogP) is 4.20. The molecule has 0 unspecified atom stereocenters. The Kier molecular flexibility index (Phi) is 3.85. The van der Waals surface area contributed by atoms with Gasteiger partial charge in [0, 0.05) is 5.56 Å². The monoisotopic (exact) mass is 316 g/mol. The van der Waals surface area contributed by atoms with Gasteiger partial charge in [0.1, 0.15) is 5.75 Å². The van der Waals surface area contributed by atoms with E-state index in [1.807, 2.05) is 0 Å². The van der Waals surface area contributed by atoms with E-state index in [1.54, 1.807) is 0 Å². The van der Waals surface area contributed by atoms with Crippen molar-refractivity contribution in [1.82, 2.24) is 0 Å². The molecule has 0 atom stereocenters. The SMILES string of the molecule is CC(=O)c1cc(Cl)c(Br)c(OC(F)(F)F)c1. The summed E-state index contributed by atoms with van der Waals surface area (Å²) < 4.78 is 39.7. The Balaban J connectivity index is 3.22. The van der Waals surface area contributed by atoms with Crippen molar-refractivity contribution in [3.63, 3.8) is 0 Å². The molecule has 0 N–H and O–H groups in total. The topological polar surface area (TPSA) is 26.3 Å². The van der Waals surface area contributed by atoms with Crippen molar-refractivity contribution in [2.75, 3.05) is 0 Å². The zero-order valence-corrected chi connectivity index (χ0v) is 10.2. The highest BCUT2D eigenvalue weighted by molar-refractivity contribution is 9.10. The van der Waals surface area contributed by atoms with Crippen LogP contribution in [0, 0.1) is 0 Å². The number of hydrogen-bond acceptors (Lipinski definition) is 2. The molecule has 0 saturated heterocycles. The third-order valence-corrected chi connectivity index (χ3v) is 2.97. The Labute approximate surface area is 102 Å². The molecule has 1 aromatic carbocycles. The Morgan fingerprint density at radius 3 is 2.44 bits per heavy atom. The molecular formula is C9H5BrClF3O2. The fraction of sp³-hybridized carbons (Fsp3) is 0.222. The molecule has 0 radical (unpaired) electrons. The van der Waals surface area contributed by atoms with Crippen molar-refractivity contribution in [2.45, 2.75) is 13.3 Å². The van der Waals surface area contributed by atoms with Gasteiger partial charge < -0.3 is 4.74 Å². The number of alkyl halides is 3. The highest BCUT2D eigenvalue weighted by Gasteiger charge is 2.32. The zero-order chi connectivity index (χ0) is 12.5. The zero-order valence-electron chi connectivity index (χ0n) is 7.86. The highest BCUT2D eigenvalue weighted by Crippen LogP contribution is 2.36. The van der Waals surface area contributed by atoms with Gasteiger partial charge in [0.2, 0.25) is 0 Å². The summed E-state index contributed by atoms with van der Waals surface area (Å²) in [6, 6.07) is 2.24. The molecule has 7 heteroatoms. The number of Topliss-reactive ketones (excluding diaryl/α,β-unsaturated/α-hetero) is 1. The Morgan fingerprint density at radius 1 is 1.44 bits per heavy atom. The van der Waals surface area contributed by atoms with Gasteiger partial charge >= 0.3 is 6.36 Å². The number of carbonyl (C=O) groups excluding carboxylic acids is 1. The number of hydrogen-bond donors (Lipinski definition) is 0. The van der Waals surface area contributed by atoms with Gasteiger partial charge in [0.15, 0.2) is 5.78 Å². The summed E-state index contributed by atoms with van der Waals surface area (Å²) in [5.41, 5.74) is 0.0486. The average molecular weight is 317 g/mol. The van der Waals surface area contributed by atoms with E-state index in [1.165, 1.54) is 13.0 Å². The minimum atomic E-state index is -4.83. The first-order valence-corrected chi connectivity index (χ1v) is 5.13. The first-order valence-electron chi connectivity index (χ1n) is 3.96. The fourth-order valence-corrected chi connectivity index (χ4v) is 1.49. The minimum Gasteiger partial charge on any atom is -0.405 e. The molecular weight excluding hydrogens is 312 g/mol. The summed E-state index contributed by atoms with van der Waals surface area (Å²) in [5.74, 6) is -0.938. The van der Waals surface area contributed by atoms with E-state index >= 15 is 0 Å². The van der Waals surface area contributed by atoms with Crippen LogP contribution < -0.4 is 4.74 Å². The molecule has 2 nitrogen and oxygen atoms in total. The van der Waals surface area contributed by atoms with Crippen molar-refractivity contribution >= 4 is 33.3 Å². The quantitative estimate of drug-likeness (QED) is 0.764. The summed E-state index contributed by atoms with van der Waals surface area (Å²) >= 11 is 8.49. The molecule has 1 rings (SSSR count). The Hall–Kier alpha value is -0.750. The van der Waals surface area contributed by atoms with Crippen LogP contribution in [0.4, 0.5) is 13.2 Å². The second-order valence-electron chi connectivity index (χ2n) is 2.87. The number of halogens is 5. The van der Waals surface area contributed by atoms with E-state index in [0.29, 0.717) is 0 Å². The Morgan fingerprint density at radius 2 is 2.00 bits per heavy atom. The van der Waals surface area contributed by atoms with Gasteiger partial charge in [-0.2, -0.15) is 0 Å². The van der Waals surface area contributed by atoms with Crippen molar-refractivity contribution in [1.29, 1.82) is 0 Å². The van der Waals surface area contributed by atoms with Crippen LogP contribution in [0.5, 0.6) is 5.75 Å². The lowest BCUT2D eigenvalue weighted by Crippen LogP contribution is -2.17. The lowest BCUT2D eigenvalue weighted by molar-refractivity contribution is -0.274. The summed E-state index contributed by atoms with van der Waals surface area (Å²) in [6.07, 6.45) is -4.83. The van der Waals surface area contributed by atoms with Crippen LogP contribution in [-0.2, 0) is 0 Å². The number of rotatable bonds is 2. The molecule has 0 spiro atoms. The first kappa shape index (κ1) is 13.3. The van der Waals surface area contributed by atoms with Gasteiger partial charge in [-0.3, -0.25) is 4.79 Å². The number of carbonyl (C=O) groups is 1. The molecule has 16 heavy (non-hydrogen) atoms. The summed E-state index contributed by atoms with van der Waals surface area (Å²) in [7, 11) is 0. The first-order chi connectivity index (χ1) is 7.20. The number of benzene rings is 1. The minimum absolute atomic E-state index is 0.0213. The summed E-state index contributed by atoms with van der Waals surface area (Å²) in [4.78, 5) is 11.0. The van der Waals surface area contributed by atoms with Gasteiger partial charge in [0.05, 0.1) is 9.50 Å². The van der Waals surface area contributed by atoms with Crippen LogP contribution >= 0.6 is 27.5 Å². The van der Waals surface area contributed by atoms with E-state index in [4.69, 9.17) is 11.6 Å². The van der Waals surface area contributed by atoms with Crippen molar-refractivity contribution in [2.24, 2.45) is 0 Å². The van der Waals surface area contributed by atoms with Crippen molar-refractivity contribution in [3.8, 4) is 5.75 Å². The maximum atomic E-state index is 12.0. The maximum absolute atomic E-state index is 12.0. The second-order valence-corrected chi connectivity index (χ2v) is 4.07. The van der Waals surface area contributed by atoms with Crippen LogP contribution in [-0.4, -0.2) is 12.1 Å². The van der Waals surface area contributed by atoms with Gasteiger partial charge in [-0.1, -0.05) is 11.6 Å². The lowest BCUT2D eigenvalue weighted by Gasteiger charge is -2.12. The normalized spacial score (nSPS) is 11.4. The van der Waals surface area contributed by atoms with E-state index in [2.05, 4.69) is 20.7 Å². The fourth-order valence-electron chi connectivity index (χ4n) is 0.966. The summed E-state index contributed by atoms with van der Waals surface area (Å²) in [5, 5.41) is -0.0213. The highest BCUT2D eigenvalue weighted by atomic mass is 79.9. The predicted molar refractivity (Wildman–Crippen MR) is 55.8 cm³/mol. The van der Waals surface area contributed by atoms with Crippen LogP contribution in [0.15, 0.2) is 16.6 Å². The smallest absolute Gasteiger partial charge is 0.405 e. The molecule has 0 aliphatic rings. The molecule has 0 amide bonds. The van der Waals surface area contributed by atoms with Gasteiger partial charge in [-0.15, -0.1) is 13.2 Å². The molecule has 0 aliphatic heterocycles. The molecule has 0 saturated carbocycles. The van der Waals surface area contributed by atoms with Gasteiger partial charge in [-0.05, 0) is 35.0 Å². The van der Waals surface area contributed by atoms with Gasteiger partial charge in [-0.25, -0.2) is 0 Å². The average Bonchev–Trinajstić information content (AvgIpc) is 2.10. The molecule has 0 bridgehead atoms.